The average Bonchev–Trinajstić information content (AvgIpc) is 2.47. The van der Waals surface area contributed by atoms with Crippen molar-refractivity contribution in [2.24, 2.45) is 7.05 Å². The highest BCUT2D eigenvalue weighted by atomic mass is 16.4. The van der Waals surface area contributed by atoms with Gasteiger partial charge in [0.2, 0.25) is 5.89 Å². The molecule has 0 unspecified atom stereocenters. The predicted octanol–water partition coefficient (Wildman–Crippen LogP) is 1.10. The van der Waals surface area contributed by atoms with Gasteiger partial charge in [-0.2, -0.15) is 4.68 Å². The number of rotatable bonds is 1. The minimum Gasteiger partial charge on any atom is -0.388 e. The second-order valence-electron chi connectivity index (χ2n) is 2.92. The first kappa shape index (κ1) is 8.74. The number of hydrogen-bond acceptors (Lipinski definition) is 3. The van der Waals surface area contributed by atoms with Crippen molar-refractivity contribution in [1.29, 1.82) is 0 Å². The van der Waals surface area contributed by atoms with Gasteiger partial charge in [-0.25, -0.2) is 4.79 Å². The molecule has 2 radical (unpaired) electrons. The molecule has 0 aliphatic heterocycles. The summed E-state index contributed by atoms with van der Waals surface area (Å²) in [5.41, 5.74) is 1.30. The fourth-order valence-electron chi connectivity index (χ4n) is 1.13. The molecule has 0 fully saturated rings. The van der Waals surface area contributed by atoms with Gasteiger partial charge < -0.3 is 4.42 Å². The molecule has 0 spiro atoms. The molecule has 0 atom stereocenters. The Bertz CT molecular complexity index is 511. The number of aryl methyl sites for hydroxylation is 1. The van der Waals surface area contributed by atoms with Crippen LogP contribution in [0.15, 0.2) is 33.5 Å². The van der Waals surface area contributed by atoms with Crippen LogP contribution in [0.4, 0.5) is 0 Å². The lowest BCUT2D eigenvalue weighted by molar-refractivity contribution is 0.505. The molecule has 0 N–H and O–H groups in total. The third-order valence-electron chi connectivity index (χ3n) is 1.82. The normalized spacial score (nSPS) is 10.4. The minimum absolute atomic E-state index is 0.282. The molecular formula is C10H8N2O2. The van der Waals surface area contributed by atoms with Crippen LogP contribution in [0.2, 0.25) is 0 Å². The van der Waals surface area contributed by atoms with Crippen molar-refractivity contribution < 1.29 is 4.42 Å². The molecule has 2 aromatic rings. The Kier molecular flexibility index (Phi) is 1.96. The van der Waals surface area contributed by atoms with E-state index in [1.807, 2.05) is 0 Å². The molecule has 1 heterocycles. The quantitative estimate of drug-likeness (QED) is 0.673. The zero-order chi connectivity index (χ0) is 10.1. The highest BCUT2D eigenvalue weighted by Crippen LogP contribution is 2.15. The molecule has 0 saturated heterocycles. The molecule has 0 bridgehead atoms. The van der Waals surface area contributed by atoms with E-state index >= 15 is 0 Å². The second-order valence-corrected chi connectivity index (χ2v) is 2.92. The first-order chi connectivity index (χ1) is 6.66. The van der Waals surface area contributed by atoms with Crippen molar-refractivity contribution in [3.05, 3.63) is 47.3 Å². The van der Waals surface area contributed by atoms with Crippen LogP contribution in [0, 0.1) is 6.92 Å². The summed E-state index contributed by atoms with van der Waals surface area (Å²) in [4.78, 5) is 11.0. The summed E-state index contributed by atoms with van der Waals surface area (Å²) in [5.74, 6) is -0.202. The fourth-order valence-corrected chi connectivity index (χ4v) is 1.13. The minimum atomic E-state index is -0.484. The Hall–Kier alpha value is -1.84. The van der Waals surface area contributed by atoms with Gasteiger partial charge in [0.1, 0.15) is 0 Å². The Morgan fingerprint density at radius 3 is 2.86 bits per heavy atom. The van der Waals surface area contributed by atoms with Crippen molar-refractivity contribution in [3.63, 3.8) is 0 Å². The summed E-state index contributed by atoms with van der Waals surface area (Å²) in [6.45, 7) is 5.59. The SMILES string of the molecule is [CH]c1cccc(-c2nn(C)c(=O)o2)c1. The largest absolute Gasteiger partial charge is 0.437 e. The smallest absolute Gasteiger partial charge is 0.388 e. The van der Waals surface area contributed by atoms with Crippen LogP contribution >= 0.6 is 0 Å². The molecule has 4 nitrogen and oxygen atoms in total. The van der Waals surface area contributed by atoms with Crippen LogP contribution in [-0.2, 0) is 7.05 Å². The maximum Gasteiger partial charge on any atom is 0.437 e. The van der Waals surface area contributed by atoms with Gasteiger partial charge in [0.05, 0.1) is 0 Å². The molecule has 1 aromatic heterocycles. The lowest BCUT2D eigenvalue weighted by atomic mass is 10.1. The Balaban J connectivity index is 2.54. The zero-order valence-electron chi connectivity index (χ0n) is 7.60. The first-order valence-electron chi connectivity index (χ1n) is 4.07. The van der Waals surface area contributed by atoms with E-state index in [0.717, 1.165) is 4.68 Å². The summed E-state index contributed by atoms with van der Waals surface area (Å²) in [7, 11) is 1.53. The van der Waals surface area contributed by atoms with Crippen molar-refractivity contribution in [2.75, 3.05) is 0 Å². The van der Waals surface area contributed by atoms with Crippen molar-refractivity contribution in [1.82, 2.24) is 9.78 Å². The molecular weight excluding hydrogens is 180 g/mol. The van der Waals surface area contributed by atoms with Crippen LogP contribution in [0.1, 0.15) is 5.56 Å². The van der Waals surface area contributed by atoms with Crippen LogP contribution in [0.5, 0.6) is 0 Å². The molecule has 2 rings (SSSR count). The molecule has 0 saturated carbocycles. The van der Waals surface area contributed by atoms with Crippen LogP contribution in [0.25, 0.3) is 11.5 Å². The van der Waals surface area contributed by atoms with E-state index in [-0.39, 0.29) is 5.89 Å². The van der Waals surface area contributed by atoms with E-state index in [4.69, 9.17) is 11.3 Å². The molecule has 0 aliphatic rings. The topological polar surface area (TPSA) is 48.0 Å². The summed E-state index contributed by atoms with van der Waals surface area (Å²) in [6, 6.07) is 7.01. The van der Waals surface area contributed by atoms with E-state index in [1.54, 1.807) is 24.3 Å². The van der Waals surface area contributed by atoms with Gasteiger partial charge in [-0.3, -0.25) is 0 Å². The average molecular weight is 188 g/mol. The van der Waals surface area contributed by atoms with Gasteiger partial charge in [-0.05, 0) is 24.6 Å². The molecule has 70 valence electrons. The Labute approximate surface area is 80.8 Å². The number of nitrogens with zero attached hydrogens (tertiary/aromatic N) is 2. The summed E-state index contributed by atoms with van der Waals surface area (Å²) in [5, 5.41) is 3.90. The number of hydrogen-bond donors (Lipinski definition) is 0. The third-order valence-corrected chi connectivity index (χ3v) is 1.82. The van der Waals surface area contributed by atoms with Gasteiger partial charge in [0.25, 0.3) is 0 Å². The lowest BCUT2D eigenvalue weighted by Crippen LogP contribution is -2.09. The predicted molar refractivity (Wildman–Crippen MR) is 50.6 cm³/mol. The molecule has 1 aromatic carbocycles. The zero-order valence-corrected chi connectivity index (χ0v) is 7.60. The molecule has 0 aliphatic carbocycles. The van der Waals surface area contributed by atoms with E-state index in [9.17, 15) is 4.79 Å². The second kappa shape index (κ2) is 3.14. The number of aromatic nitrogens is 2. The standard InChI is InChI=1S/C10H8N2O2/c1-7-4-3-5-8(6-7)9-11-12(2)10(13)14-9/h1,3-6H,2H3. The monoisotopic (exact) mass is 188 g/mol. The highest BCUT2D eigenvalue weighted by molar-refractivity contribution is 5.53. The summed E-state index contributed by atoms with van der Waals surface area (Å²) >= 11 is 0. The van der Waals surface area contributed by atoms with E-state index in [0.29, 0.717) is 11.1 Å². The van der Waals surface area contributed by atoms with E-state index < -0.39 is 5.76 Å². The van der Waals surface area contributed by atoms with E-state index in [2.05, 4.69) is 5.10 Å². The van der Waals surface area contributed by atoms with Crippen molar-refractivity contribution in [2.45, 2.75) is 0 Å². The van der Waals surface area contributed by atoms with Crippen LogP contribution in [0.3, 0.4) is 0 Å². The fraction of sp³-hybridized carbons (Fsp3) is 0.100. The Morgan fingerprint density at radius 1 is 1.50 bits per heavy atom. The van der Waals surface area contributed by atoms with Gasteiger partial charge in [-0.15, -0.1) is 5.10 Å². The summed E-state index contributed by atoms with van der Waals surface area (Å²) in [6.07, 6.45) is 0. The van der Waals surface area contributed by atoms with E-state index in [1.165, 1.54) is 7.05 Å². The van der Waals surface area contributed by atoms with Crippen molar-refractivity contribution >= 4 is 0 Å². The van der Waals surface area contributed by atoms with Gasteiger partial charge in [-0.1, -0.05) is 12.1 Å². The van der Waals surface area contributed by atoms with Gasteiger partial charge in [0, 0.05) is 12.6 Å². The summed E-state index contributed by atoms with van der Waals surface area (Å²) < 4.78 is 6.03. The van der Waals surface area contributed by atoms with Gasteiger partial charge >= 0.3 is 5.76 Å². The third kappa shape index (κ3) is 1.46. The Morgan fingerprint density at radius 2 is 2.29 bits per heavy atom. The van der Waals surface area contributed by atoms with Crippen LogP contribution in [-0.4, -0.2) is 9.78 Å². The highest BCUT2D eigenvalue weighted by Gasteiger charge is 2.06. The number of benzene rings is 1. The lowest BCUT2D eigenvalue weighted by Gasteiger charge is -1.94. The first-order valence-corrected chi connectivity index (χ1v) is 4.07. The van der Waals surface area contributed by atoms with Crippen LogP contribution < -0.4 is 5.76 Å². The van der Waals surface area contributed by atoms with Crippen molar-refractivity contribution in [3.8, 4) is 11.5 Å². The maximum absolute atomic E-state index is 11.0. The van der Waals surface area contributed by atoms with Gasteiger partial charge in [0.15, 0.2) is 0 Å². The molecule has 14 heavy (non-hydrogen) atoms. The maximum atomic E-state index is 11.0. The molecule has 0 amide bonds. The molecule has 4 heteroatoms.